The molecule has 0 unspecified atom stereocenters. The van der Waals surface area contributed by atoms with Crippen LogP contribution < -0.4 is 16.2 Å². The van der Waals surface area contributed by atoms with Crippen LogP contribution in [0.25, 0.3) is 4.96 Å². The number of hydrogen-bond acceptors (Lipinski definition) is 16. The number of esters is 1. The molecule has 374 valence electrons. The number of ether oxygens (including phenoxy) is 2. The van der Waals surface area contributed by atoms with Crippen molar-refractivity contribution in [1.29, 1.82) is 0 Å². The topological polar surface area (TPSA) is 179 Å². The number of hydrogen-bond donors (Lipinski definition) is 2. The first-order chi connectivity index (χ1) is 35.9. The Labute approximate surface area is 442 Å². The van der Waals surface area contributed by atoms with Gasteiger partial charge in [-0.1, -0.05) is 180 Å². The highest BCUT2D eigenvalue weighted by Crippen LogP contribution is 2.44. The minimum absolute atomic E-state index is 0.0894. The number of oxime groups is 1. The number of nitrogens with one attached hydrogen (secondary N) is 2. The van der Waals surface area contributed by atoms with Crippen LogP contribution in [0.2, 0.25) is 0 Å². The van der Waals surface area contributed by atoms with Crippen LogP contribution in [0.4, 0.5) is 5.13 Å². The smallest absolute Gasteiger partial charge is 0.356 e. The van der Waals surface area contributed by atoms with Crippen molar-refractivity contribution in [3.63, 3.8) is 0 Å². The van der Waals surface area contributed by atoms with Gasteiger partial charge in [0, 0.05) is 49.6 Å². The molecule has 1 fully saturated rings. The number of fused-ring (bicyclic) bond motifs is 2. The van der Waals surface area contributed by atoms with Crippen molar-refractivity contribution in [3.8, 4) is 0 Å². The van der Waals surface area contributed by atoms with Crippen molar-refractivity contribution in [3.05, 3.63) is 224 Å². The van der Waals surface area contributed by atoms with E-state index in [1.165, 1.54) is 64.3 Å². The number of thiazole rings is 1. The number of β-lactam (4-membered cyclic amide) rings is 1. The number of carbonyl (C=O) groups excluding carboxylic acids is 3. The summed E-state index contributed by atoms with van der Waals surface area (Å²) in [5.74, 6) is -2.60. The largest absolute Gasteiger partial charge is 0.448 e. The Hall–Kier alpha value is -7.42. The second kappa shape index (κ2) is 21.6. The third-order valence-corrected chi connectivity index (χ3v) is 16.7. The Morgan fingerprint density at radius 3 is 1.96 bits per heavy atom. The van der Waals surface area contributed by atoms with Gasteiger partial charge in [0.1, 0.15) is 28.3 Å². The quantitative estimate of drug-likeness (QED) is 0.0158. The zero-order valence-electron chi connectivity index (χ0n) is 40.4. The molecule has 15 nitrogen and oxygen atoms in total. The number of benzene rings is 5. The monoisotopic (exact) mass is 1060 g/mol. The molecule has 2 amide bonds. The molecule has 19 heteroatoms. The van der Waals surface area contributed by atoms with Crippen LogP contribution in [0.1, 0.15) is 59.2 Å². The van der Waals surface area contributed by atoms with Crippen molar-refractivity contribution >= 4 is 79.8 Å². The molecule has 0 saturated carbocycles. The van der Waals surface area contributed by atoms with Gasteiger partial charge in [0.25, 0.3) is 17.4 Å². The van der Waals surface area contributed by atoms with Gasteiger partial charge >= 0.3 is 5.97 Å². The number of aryl methyl sites for hydroxylation is 1. The fourth-order valence-electron chi connectivity index (χ4n) is 8.66. The number of rotatable bonds is 18. The average Bonchev–Trinajstić information content (AvgIpc) is 4.10. The minimum Gasteiger partial charge on any atom is -0.448 e. The first kappa shape index (κ1) is 50.1. The second-order valence-corrected chi connectivity index (χ2v) is 21.8. The Kier molecular flexibility index (Phi) is 14.6. The van der Waals surface area contributed by atoms with E-state index in [9.17, 15) is 19.2 Å². The number of anilines is 1. The van der Waals surface area contributed by atoms with E-state index in [4.69, 9.17) is 19.3 Å². The first-order valence-electron chi connectivity index (χ1n) is 23.4. The number of carbonyl (C=O) groups is 3. The lowest BCUT2D eigenvalue weighted by Gasteiger charge is -2.49. The fraction of sp³-hybridized carbons (Fsp3) is 0.200. The van der Waals surface area contributed by atoms with E-state index in [0.29, 0.717) is 31.5 Å². The van der Waals surface area contributed by atoms with Crippen molar-refractivity contribution in [2.45, 2.75) is 54.0 Å². The number of amides is 2. The van der Waals surface area contributed by atoms with Crippen LogP contribution in [0.3, 0.4) is 0 Å². The molecule has 5 aromatic carbocycles. The number of methoxy groups -OCH3 is 1. The minimum atomic E-state index is -1.24. The molecular weight excluding hydrogens is 1010 g/mol. The van der Waals surface area contributed by atoms with Crippen LogP contribution in [0.15, 0.2) is 189 Å². The predicted octanol–water partition coefficient (Wildman–Crippen LogP) is 9.20. The van der Waals surface area contributed by atoms with Crippen molar-refractivity contribution in [2.24, 2.45) is 5.16 Å². The van der Waals surface area contributed by atoms with Gasteiger partial charge in [0.15, 0.2) is 21.3 Å². The normalized spacial score (nSPS) is 15.9. The molecule has 3 aromatic heterocycles. The molecule has 2 N–H and O–H groups in total. The number of nitrogens with zero attached hydrogens (tertiary/aromatic N) is 6. The Morgan fingerprint density at radius 1 is 0.824 bits per heavy atom. The summed E-state index contributed by atoms with van der Waals surface area (Å²) in [4.78, 5) is 73.1. The molecule has 10 rings (SSSR count). The maximum Gasteiger partial charge on any atom is 0.356 e. The summed E-state index contributed by atoms with van der Waals surface area (Å²) in [5.41, 5.74) is 4.45. The van der Waals surface area contributed by atoms with Gasteiger partial charge < -0.3 is 24.9 Å². The van der Waals surface area contributed by atoms with Crippen LogP contribution in [0, 0.1) is 6.92 Å². The van der Waals surface area contributed by atoms with Crippen LogP contribution in [-0.4, -0.2) is 83.8 Å². The third-order valence-electron chi connectivity index (χ3n) is 12.5. The molecule has 2 aliphatic heterocycles. The summed E-state index contributed by atoms with van der Waals surface area (Å²) in [5, 5.41) is 17.2. The van der Waals surface area contributed by atoms with Crippen LogP contribution in [0.5, 0.6) is 0 Å². The first-order valence-corrected chi connectivity index (χ1v) is 27.2. The van der Waals surface area contributed by atoms with Crippen molar-refractivity contribution < 1.29 is 28.7 Å². The lowest BCUT2D eigenvalue weighted by atomic mass is 9.77. The second-order valence-electron chi connectivity index (χ2n) is 17.7. The fourth-order valence-corrected chi connectivity index (χ4v) is 12.9. The lowest BCUT2D eigenvalue weighted by Crippen LogP contribution is -2.71. The summed E-state index contributed by atoms with van der Waals surface area (Å²) >= 11 is 5.30. The molecule has 2 atom stereocenters. The molecule has 1 saturated heterocycles. The molecule has 74 heavy (non-hydrogen) atoms. The van der Waals surface area contributed by atoms with Crippen LogP contribution >= 0.6 is 46.2 Å². The SMILES string of the molecule is COC(C)(C)ON=C(C(=O)N[C@@H]1C(=O)N2C(C(=O)OC(c3ccccc3)c3ccccc3)=C(CSc3nn4c(C)cc(=O)nc4s3)CS[C@H]12)c1csc(NC(c2ccccc2)(c2ccccc2)c2ccccc2)n1. The summed E-state index contributed by atoms with van der Waals surface area (Å²) in [6.45, 7) is 5.08. The molecule has 8 aromatic rings. The molecule has 0 radical (unpaired) electrons. The maximum atomic E-state index is 14.8. The summed E-state index contributed by atoms with van der Waals surface area (Å²) in [6, 6.07) is 49.3. The zero-order valence-corrected chi connectivity index (χ0v) is 43.7. The molecule has 0 spiro atoms. The molecule has 0 bridgehead atoms. The van der Waals surface area contributed by atoms with Gasteiger partial charge in [-0.15, -0.1) is 28.2 Å². The van der Waals surface area contributed by atoms with E-state index in [-0.39, 0.29) is 28.4 Å². The van der Waals surface area contributed by atoms with E-state index < -0.39 is 46.6 Å². The number of aromatic nitrogens is 4. The van der Waals surface area contributed by atoms with E-state index in [1.807, 2.05) is 115 Å². The lowest BCUT2D eigenvalue weighted by molar-refractivity contribution is -0.197. The highest BCUT2D eigenvalue weighted by molar-refractivity contribution is 8.02. The van der Waals surface area contributed by atoms with Gasteiger partial charge in [-0.05, 0) is 40.3 Å². The van der Waals surface area contributed by atoms with Crippen molar-refractivity contribution in [1.82, 2.24) is 29.8 Å². The number of thioether (sulfide) groups is 2. The highest BCUT2D eigenvalue weighted by Gasteiger charge is 2.55. The van der Waals surface area contributed by atoms with Gasteiger partial charge in [-0.3, -0.25) is 19.3 Å². The summed E-state index contributed by atoms with van der Waals surface area (Å²) < 4.78 is 14.1. The standard InChI is InChI=1S/C55H48N8O7S4/c1-34-30-42(64)57-52-63(34)60-53(74-52)73-32-37-31-71-49-44(48(66)62(49)45(37)50(67)69-46(35-20-10-5-11-21-35)36-22-12-6-13-23-36)58-47(65)43(61-70-54(2,3)68-4)41-33-72-51(56-41)59-55(38-24-14-7-15-25-38,39-26-16-8-17-27-39)40-28-18-9-19-29-40/h5-30,33,44,46,49H,31-32H2,1-4H3,(H,56,59)(H,58,65)/t44-,49-/m1/s1. The van der Waals surface area contributed by atoms with E-state index in [1.54, 1.807) is 30.7 Å². The molecule has 2 aliphatic rings. The average molecular weight is 1060 g/mol. The van der Waals surface area contributed by atoms with E-state index >= 15 is 0 Å². The van der Waals surface area contributed by atoms with Gasteiger partial charge in [0.2, 0.25) is 10.7 Å². The van der Waals surface area contributed by atoms with E-state index in [2.05, 4.69) is 62.3 Å². The Balaban J connectivity index is 0.959. The predicted molar refractivity (Wildman–Crippen MR) is 289 cm³/mol. The summed E-state index contributed by atoms with van der Waals surface area (Å²) in [7, 11) is 1.46. The van der Waals surface area contributed by atoms with Gasteiger partial charge in [-0.2, -0.15) is 4.98 Å². The van der Waals surface area contributed by atoms with Gasteiger partial charge in [0.05, 0.1) is 0 Å². The maximum absolute atomic E-state index is 14.8. The summed E-state index contributed by atoms with van der Waals surface area (Å²) in [6.07, 6.45) is -0.798. The molecule has 0 aliphatic carbocycles. The Morgan fingerprint density at radius 2 is 1.39 bits per heavy atom. The van der Waals surface area contributed by atoms with Crippen LogP contribution in [-0.2, 0) is 34.2 Å². The molecule has 5 heterocycles. The van der Waals surface area contributed by atoms with E-state index in [0.717, 1.165) is 27.8 Å². The van der Waals surface area contributed by atoms with Gasteiger partial charge in [-0.25, -0.2) is 14.3 Å². The highest BCUT2D eigenvalue weighted by atomic mass is 32.2. The third kappa shape index (κ3) is 10.3. The zero-order chi connectivity index (χ0) is 51.4. The Bertz CT molecular complexity index is 3310. The molecular formula is C55H48N8O7S4. The van der Waals surface area contributed by atoms with Crippen molar-refractivity contribution in [2.75, 3.05) is 23.9 Å².